The number of hydrogen-bond donors (Lipinski definition) is 1. The third-order valence-electron chi connectivity index (χ3n) is 4.98. The van der Waals surface area contributed by atoms with E-state index in [0.717, 1.165) is 37.8 Å². The fourth-order valence-corrected chi connectivity index (χ4v) is 3.67. The van der Waals surface area contributed by atoms with Crippen LogP contribution in [0.25, 0.3) is 6.08 Å². The maximum absolute atomic E-state index is 11.0. The molecule has 128 valence electrons. The van der Waals surface area contributed by atoms with Crippen LogP contribution in [0.3, 0.4) is 0 Å². The summed E-state index contributed by atoms with van der Waals surface area (Å²) < 4.78 is 6.38. The van der Waals surface area contributed by atoms with Crippen LogP contribution in [0.15, 0.2) is 54.1 Å². The zero-order chi connectivity index (χ0) is 17.3. The first-order valence-electron chi connectivity index (χ1n) is 8.64. The van der Waals surface area contributed by atoms with Crippen molar-refractivity contribution < 1.29 is 9.66 Å². The second-order valence-electron chi connectivity index (χ2n) is 6.62. The number of nitro benzene ring substituents is 1. The van der Waals surface area contributed by atoms with E-state index in [9.17, 15) is 10.1 Å². The molecule has 2 aliphatic rings. The summed E-state index contributed by atoms with van der Waals surface area (Å²) in [4.78, 5) is 10.7. The number of nitrogens with one attached hydrogen (secondary N) is 1. The summed E-state index contributed by atoms with van der Waals surface area (Å²) in [5.74, 6) is 0.705. The van der Waals surface area contributed by atoms with Gasteiger partial charge in [-0.2, -0.15) is 0 Å². The van der Waals surface area contributed by atoms with Gasteiger partial charge in [0, 0.05) is 30.7 Å². The first-order chi connectivity index (χ1) is 12.2. The van der Waals surface area contributed by atoms with Gasteiger partial charge in [0.25, 0.3) is 5.69 Å². The van der Waals surface area contributed by atoms with Crippen molar-refractivity contribution in [2.24, 2.45) is 0 Å². The van der Waals surface area contributed by atoms with Crippen LogP contribution in [0.1, 0.15) is 36.8 Å². The molecule has 0 saturated heterocycles. The summed E-state index contributed by atoms with van der Waals surface area (Å²) in [6.07, 6.45) is 6.14. The number of hydrogen-bond acceptors (Lipinski definition) is 4. The minimum absolute atomic E-state index is 0.0970. The summed E-state index contributed by atoms with van der Waals surface area (Å²) in [5, 5.41) is 14.6. The van der Waals surface area contributed by atoms with Gasteiger partial charge in [0.15, 0.2) is 5.72 Å². The number of nitro groups is 1. The normalized spacial score (nSPS) is 21.5. The first kappa shape index (κ1) is 15.8. The van der Waals surface area contributed by atoms with E-state index >= 15 is 0 Å². The largest absolute Gasteiger partial charge is 0.468 e. The molecule has 0 amide bonds. The summed E-state index contributed by atoms with van der Waals surface area (Å²) in [6, 6.07) is 15.1. The summed E-state index contributed by atoms with van der Waals surface area (Å²) in [7, 11) is 0. The topological polar surface area (TPSA) is 64.4 Å². The van der Waals surface area contributed by atoms with Gasteiger partial charge in [-0.25, -0.2) is 0 Å². The maximum atomic E-state index is 11.0. The Kier molecular flexibility index (Phi) is 4.01. The fraction of sp³-hybridized carbons (Fsp3) is 0.300. The average molecular weight is 336 g/mol. The van der Waals surface area contributed by atoms with E-state index in [4.69, 9.17) is 4.74 Å². The monoisotopic (exact) mass is 336 g/mol. The van der Waals surface area contributed by atoms with E-state index in [2.05, 4.69) is 23.5 Å². The van der Waals surface area contributed by atoms with Gasteiger partial charge in [-0.3, -0.25) is 15.4 Å². The van der Waals surface area contributed by atoms with Crippen molar-refractivity contribution in [2.45, 2.75) is 38.0 Å². The number of nitrogens with zero attached hydrogens (tertiary/aromatic N) is 1. The van der Waals surface area contributed by atoms with E-state index in [0.29, 0.717) is 5.75 Å². The van der Waals surface area contributed by atoms with Gasteiger partial charge in [-0.1, -0.05) is 30.3 Å². The Morgan fingerprint density at radius 1 is 1.16 bits per heavy atom. The predicted molar refractivity (Wildman–Crippen MR) is 96.2 cm³/mol. The lowest BCUT2D eigenvalue weighted by Gasteiger charge is -2.43. The molecule has 1 saturated carbocycles. The van der Waals surface area contributed by atoms with E-state index in [1.165, 1.54) is 17.2 Å². The summed E-state index contributed by atoms with van der Waals surface area (Å²) >= 11 is 0. The van der Waals surface area contributed by atoms with Crippen molar-refractivity contribution in [3.63, 3.8) is 0 Å². The summed E-state index contributed by atoms with van der Waals surface area (Å²) in [6.45, 7) is 0.723. The van der Waals surface area contributed by atoms with Gasteiger partial charge in [0.2, 0.25) is 0 Å². The molecule has 1 heterocycles. The Balaban J connectivity index is 1.65. The Labute approximate surface area is 146 Å². The van der Waals surface area contributed by atoms with Gasteiger partial charge in [0.05, 0.1) is 4.92 Å². The van der Waals surface area contributed by atoms with Crippen LogP contribution in [-0.4, -0.2) is 10.6 Å². The molecule has 25 heavy (non-hydrogen) atoms. The van der Waals surface area contributed by atoms with Gasteiger partial charge in [0.1, 0.15) is 5.75 Å². The van der Waals surface area contributed by atoms with Gasteiger partial charge < -0.3 is 4.74 Å². The molecule has 2 aromatic carbocycles. The zero-order valence-corrected chi connectivity index (χ0v) is 13.9. The average Bonchev–Trinajstić information content (AvgIpc) is 2.65. The van der Waals surface area contributed by atoms with Crippen LogP contribution in [0.5, 0.6) is 5.75 Å². The van der Waals surface area contributed by atoms with E-state index in [-0.39, 0.29) is 10.6 Å². The third-order valence-corrected chi connectivity index (χ3v) is 4.98. The standard InChI is InChI=1S/C20H20N2O3/c23-22(24)18-9-10-19-16(13-18)12-17-8-4-5-11-20(17,25-19)21-14-15-6-2-1-3-7-15/h1-3,6-7,9-10,12-13,21H,4-5,8,11,14H2/t20-/m1/s1. The molecular formula is C20H20N2O3. The summed E-state index contributed by atoms with van der Waals surface area (Å²) in [5.41, 5.74) is 2.78. The van der Waals surface area contributed by atoms with Crippen molar-refractivity contribution in [3.8, 4) is 5.75 Å². The lowest BCUT2D eigenvalue weighted by Crippen LogP contribution is -2.54. The minimum atomic E-state index is -0.503. The third kappa shape index (κ3) is 3.03. The van der Waals surface area contributed by atoms with E-state index in [1.54, 1.807) is 12.1 Å². The molecule has 2 aromatic rings. The van der Waals surface area contributed by atoms with Gasteiger partial charge >= 0.3 is 0 Å². The number of benzene rings is 2. The molecule has 1 N–H and O–H groups in total. The Morgan fingerprint density at radius 2 is 2.00 bits per heavy atom. The molecule has 0 radical (unpaired) electrons. The second-order valence-corrected chi connectivity index (χ2v) is 6.62. The minimum Gasteiger partial charge on any atom is -0.468 e. The second kappa shape index (κ2) is 6.33. The highest BCUT2D eigenvalue weighted by Crippen LogP contribution is 2.43. The van der Waals surface area contributed by atoms with Crippen molar-refractivity contribution in [1.82, 2.24) is 5.32 Å². The van der Waals surface area contributed by atoms with E-state index in [1.807, 2.05) is 18.2 Å². The van der Waals surface area contributed by atoms with E-state index < -0.39 is 5.72 Å². The molecule has 1 aliphatic heterocycles. The molecule has 0 aromatic heterocycles. The molecule has 0 spiro atoms. The smallest absolute Gasteiger partial charge is 0.270 e. The first-order valence-corrected chi connectivity index (χ1v) is 8.64. The van der Waals surface area contributed by atoms with Gasteiger partial charge in [-0.05, 0) is 42.5 Å². The molecule has 5 heteroatoms. The highest BCUT2D eigenvalue weighted by atomic mass is 16.6. The van der Waals surface area contributed by atoms with Crippen LogP contribution in [0.4, 0.5) is 5.69 Å². The fourth-order valence-electron chi connectivity index (χ4n) is 3.67. The molecule has 0 bridgehead atoms. The predicted octanol–water partition coefficient (Wildman–Crippen LogP) is 4.43. The molecule has 0 unspecified atom stereocenters. The maximum Gasteiger partial charge on any atom is 0.270 e. The molecule has 1 atom stereocenters. The lowest BCUT2D eigenvalue weighted by atomic mass is 9.83. The van der Waals surface area contributed by atoms with Crippen LogP contribution in [0.2, 0.25) is 0 Å². The van der Waals surface area contributed by atoms with Crippen molar-refractivity contribution in [1.29, 1.82) is 0 Å². The van der Waals surface area contributed by atoms with Crippen LogP contribution >= 0.6 is 0 Å². The molecule has 1 fully saturated rings. The highest BCUT2D eigenvalue weighted by molar-refractivity contribution is 5.67. The van der Waals surface area contributed by atoms with Crippen molar-refractivity contribution in [3.05, 3.63) is 75.3 Å². The van der Waals surface area contributed by atoms with Crippen molar-refractivity contribution >= 4 is 11.8 Å². The SMILES string of the molecule is O=[N+]([O-])c1ccc2c(c1)C=C1CCCC[C@@]1(NCc1ccccc1)O2. The molecular weight excluding hydrogens is 316 g/mol. The van der Waals surface area contributed by atoms with Crippen LogP contribution in [0, 0.1) is 10.1 Å². The molecule has 5 nitrogen and oxygen atoms in total. The van der Waals surface area contributed by atoms with Crippen LogP contribution < -0.4 is 10.1 Å². The number of fused-ring (bicyclic) bond motifs is 2. The quantitative estimate of drug-likeness (QED) is 0.662. The zero-order valence-electron chi connectivity index (χ0n) is 13.9. The van der Waals surface area contributed by atoms with Gasteiger partial charge in [-0.15, -0.1) is 0 Å². The van der Waals surface area contributed by atoms with Crippen LogP contribution in [-0.2, 0) is 6.54 Å². The molecule has 4 rings (SSSR count). The number of ether oxygens (including phenoxy) is 1. The Bertz CT molecular complexity index is 832. The number of non-ortho nitro benzene ring substituents is 1. The Hall–Kier alpha value is -2.66. The molecule has 1 aliphatic carbocycles. The highest BCUT2D eigenvalue weighted by Gasteiger charge is 2.41. The number of rotatable bonds is 4. The van der Waals surface area contributed by atoms with Crippen molar-refractivity contribution in [2.75, 3.05) is 0 Å². The lowest BCUT2D eigenvalue weighted by molar-refractivity contribution is -0.384. The Morgan fingerprint density at radius 3 is 2.80 bits per heavy atom.